The predicted molar refractivity (Wildman–Crippen MR) is 71.4 cm³/mol. The molecule has 0 spiro atoms. The minimum absolute atomic E-state index is 0.0251. The molecule has 0 bridgehead atoms. The fourth-order valence-electron chi connectivity index (χ4n) is 1.82. The summed E-state index contributed by atoms with van der Waals surface area (Å²) >= 11 is 1.38. The Morgan fingerprint density at radius 2 is 2.33 bits per heavy atom. The van der Waals surface area contributed by atoms with Crippen molar-refractivity contribution in [2.75, 3.05) is 7.11 Å². The van der Waals surface area contributed by atoms with E-state index in [0.717, 1.165) is 28.3 Å². The Morgan fingerprint density at radius 3 is 2.94 bits per heavy atom. The average Bonchev–Trinajstić information content (AvgIpc) is 2.82. The summed E-state index contributed by atoms with van der Waals surface area (Å²) in [7, 11) is 1.66. The summed E-state index contributed by atoms with van der Waals surface area (Å²) in [5.74, 6) is 6.47. The Balaban J connectivity index is 2.18. The number of rotatable bonds is 5. The second-order valence-electron chi connectivity index (χ2n) is 4.00. The molecule has 0 saturated carbocycles. The number of methoxy groups -OCH3 is 1. The molecule has 1 aromatic carbocycles. The van der Waals surface area contributed by atoms with Crippen LogP contribution in [0.1, 0.15) is 22.2 Å². The molecular formula is C12H16N4OS. The van der Waals surface area contributed by atoms with Crippen molar-refractivity contribution in [3.8, 4) is 5.75 Å². The van der Waals surface area contributed by atoms with Crippen LogP contribution in [0.3, 0.4) is 0 Å². The van der Waals surface area contributed by atoms with E-state index in [2.05, 4.69) is 21.1 Å². The van der Waals surface area contributed by atoms with Crippen molar-refractivity contribution in [2.45, 2.75) is 19.4 Å². The van der Waals surface area contributed by atoms with Crippen LogP contribution in [0, 0.1) is 6.92 Å². The molecule has 2 aromatic rings. The maximum atomic E-state index is 5.62. The van der Waals surface area contributed by atoms with Gasteiger partial charge < -0.3 is 4.74 Å². The molecule has 1 aromatic heterocycles. The Kier molecular flexibility index (Phi) is 4.24. The molecule has 1 atom stereocenters. The van der Waals surface area contributed by atoms with E-state index in [1.54, 1.807) is 7.11 Å². The lowest BCUT2D eigenvalue weighted by Crippen LogP contribution is -2.29. The predicted octanol–water partition coefficient (Wildman–Crippen LogP) is 1.60. The monoisotopic (exact) mass is 264 g/mol. The van der Waals surface area contributed by atoms with Gasteiger partial charge in [-0.1, -0.05) is 16.6 Å². The van der Waals surface area contributed by atoms with Crippen LogP contribution >= 0.6 is 11.5 Å². The summed E-state index contributed by atoms with van der Waals surface area (Å²) in [5.41, 5.74) is 4.90. The zero-order chi connectivity index (χ0) is 13.0. The van der Waals surface area contributed by atoms with Crippen LogP contribution in [0.5, 0.6) is 5.75 Å². The summed E-state index contributed by atoms with van der Waals surface area (Å²) < 4.78 is 9.15. The smallest absolute Gasteiger partial charge is 0.119 e. The van der Waals surface area contributed by atoms with E-state index in [-0.39, 0.29) is 6.04 Å². The topological polar surface area (TPSA) is 73.1 Å². The summed E-state index contributed by atoms with van der Waals surface area (Å²) in [6.45, 7) is 1.94. The van der Waals surface area contributed by atoms with Gasteiger partial charge in [0.1, 0.15) is 5.75 Å². The van der Waals surface area contributed by atoms with Crippen molar-refractivity contribution in [2.24, 2.45) is 5.84 Å². The van der Waals surface area contributed by atoms with Crippen LogP contribution in [0.25, 0.3) is 0 Å². The van der Waals surface area contributed by atoms with Gasteiger partial charge in [-0.05, 0) is 42.6 Å². The Labute approximate surface area is 110 Å². The van der Waals surface area contributed by atoms with Crippen LogP contribution in [0.15, 0.2) is 24.3 Å². The highest BCUT2D eigenvalue weighted by Gasteiger charge is 2.16. The van der Waals surface area contributed by atoms with Crippen LogP contribution in [0.4, 0.5) is 0 Å². The van der Waals surface area contributed by atoms with Crippen molar-refractivity contribution >= 4 is 11.5 Å². The number of aromatic nitrogens is 2. The van der Waals surface area contributed by atoms with Crippen molar-refractivity contribution in [1.82, 2.24) is 15.0 Å². The first kappa shape index (κ1) is 12.9. The average molecular weight is 264 g/mol. The highest BCUT2D eigenvalue weighted by atomic mass is 32.1. The van der Waals surface area contributed by atoms with Crippen molar-refractivity contribution in [3.63, 3.8) is 0 Å². The summed E-state index contributed by atoms with van der Waals surface area (Å²) in [6, 6.07) is 7.98. The minimum Gasteiger partial charge on any atom is -0.497 e. The summed E-state index contributed by atoms with van der Waals surface area (Å²) in [5, 5.41) is 4.01. The number of nitrogens with zero attached hydrogens (tertiary/aromatic N) is 2. The first-order chi connectivity index (χ1) is 8.74. The molecule has 0 saturated heterocycles. The number of hydrogen-bond acceptors (Lipinski definition) is 6. The minimum atomic E-state index is 0.0251. The molecule has 1 heterocycles. The van der Waals surface area contributed by atoms with Crippen molar-refractivity contribution < 1.29 is 4.74 Å². The fourth-order valence-corrected chi connectivity index (χ4v) is 2.52. The lowest BCUT2D eigenvalue weighted by atomic mass is 10.0. The van der Waals surface area contributed by atoms with Crippen LogP contribution in [-0.4, -0.2) is 16.7 Å². The van der Waals surface area contributed by atoms with Gasteiger partial charge in [0.25, 0.3) is 0 Å². The normalized spacial score (nSPS) is 12.4. The molecule has 1 unspecified atom stereocenters. The third-order valence-electron chi connectivity index (χ3n) is 2.78. The number of ether oxygens (including phenoxy) is 1. The maximum Gasteiger partial charge on any atom is 0.119 e. The lowest BCUT2D eigenvalue weighted by Gasteiger charge is -2.14. The van der Waals surface area contributed by atoms with Crippen LogP contribution in [-0.2, 0) is 6.42 Å². The number of hydrogen-bond donors (Lipinski definition) is 2. The van der Waals surface area contributed by atoms with Gasteiger partial charge in [-0.15, -0.1) is 5.10 Å². The SMILES string of the molecule is COc1cccc(CC(NN)c2snnc2C)c1. The number of benzene rings is 1. The number of aryl methyl sites for hydroxylation is 1. The first-order valence-electron chi connectivity index (χ1n) is 5.62. The van der Waals surface area contributed by atoms with Crippen molar-refractivity contribution in [3.05, 3.63) is 40.4 Å². The molecule has 96 valence electrons. The zero-order valence-corrected chi connectivity index (χ0v) is 11.2. The number of hydrazine groups is 1. The number of nitrogens with one attached hydrogen (secondary N) is 1. The molecule has 0 radical (unpaired) electrons. The van der Waals surface area contributed by atoms with Gasteiger partial charge in [0.15, 0.2) is 0 Å². The van der Waals surface area contributed by atoms with Crippen LogP contribution in [0.2, 0.25) is 0 Å². The molecule has 3 N–H and O–H groups in total. The highest BCUT2D eigenvalue weighted by Crippen LogP contribution is 2.24. The molecule has 0 aliphatic carbocycles. The van der Waals surface area contributed by atoms with Gasteiger partial charge in [0, 0.05) is 0 Å². The van der Waals surface area contributed by atoms with Crippen LogP contribution < -0.4 is 16.0 Å². The van der Waals surface area contributed by atoms with Gasteiger partial charge in [-0.2, -0.15) is 0 Å². The first-order valence-corrected chi connectivity index (χ1v) is 6.40. The van der Waals surface area contributed by atoms with E-state index in [9.17, 15) is 0 Å². The standard InChI is InChI=1S/C12H16N4OS/c1-8-12(18-16-15-8)11(14-13)7-9-4-3-5-10(6-9)17-2/h3-6,11,14H,7,13H2,1-2H3. The largest absolute Gasteiger partial charge is 0.497 e. The molecule has 18 heavy (non-hydrogen) atoms. The third kappa shape index (κ3) is 2.84. The Morgan fingerprint density at radius 1 is 1.50 bits per heavy atom. The van der Waals surface area contributed by atoms with Gasteiger partial charge in [0.2, 0.25) is 0 Å². The molecular weight excluding hydrogens is 248 g/mol. The Hall–Kier alpha value is -1.50. The molecule has 0 aliphatic heterocycles. The maximum absolute atomic E-state index is 5.62. The molecule has 6 heteroatoms. The van der Waals surface area contributed by atoms with Gasteiger partial charge in [-0.3, -0.25) is 11.3 Å². The fraction of sp³-hybridized carbons (Fsp3) is 0.333. The van der Waals surface area contributed by atoms with E-state index in [4.69, 9.17) is 10.6 Å². The van der Waals surface area contributed by atoms with Crippen molar-refractivity contribution in [1.29, 1.82) is 0 Å². The highest BCUT2D eigenvalue weighted by molar-refractivity contribution is 7.05. The second-order valence-corrected chi connectivity index (χ2v) is 4.78. The quantitative estimate of drug-likeness (QED) is 0.634. The molecule has 5 nitrogen and oxygen atoms in total. The van der Waals surface area contributed by atoms with Gasteiger partial charge in [-0.25, -0.2) is 0 Å². The molecule has 0 fully saturated rings. The molecule has 0 aliphatic rings. The van der Waals surface area contributed by atoms with E-state index in [0.29, 0.717) is 0 Å². The molecule has 2 rings (SSSR count). The second kappa shape index (κ2) is 5.90. The summed E-state index contributed by atoms with van der Waals surface area (Å²) in [6.07, 6.45) is 0.776. The van der Waals surface area contributed by atoms with E-state index < -0.39 is 0 Å². The lowest BCUT2D eigenvalue weighted by molar-refractivity contribution is 0.414. The van der Waals surface area contributed by atoms with E-state index in [1.807, 2.05) is 25.1 Å². The Bertz CT molecular complexity index is 514. The van der Waals surface area contributed by atoms with E-state index >= 15 is 0 Å². The molecule has 0 amide bonds. The van der Waals surface area contributed by atoms with Gasteiger partial charge >= 0.3 is 0 Å². The van der Waals surface area contributed by atoms with Gasteiger partial charge in [0.05, 0.1) is 23.7 Å². The summed E-state index contributed by atoms with van der Waals surface area (Å²) in [4.78, 5) is 1.07. The number of nitrogens with two attached hydrogens (primary N) is 1. The third-order valence-corrected chi connectivity index (χ3v) is 3.72. The van der Waals surface area contributed by atoms with E-state index in [1.165, 1.54) is 11.5 Å². The zero-order valence-electron chi connectivity index (χ0n) is 10.4.